The van der Waals surface area contributed by atoms with Crippen LogP contribution in [-0.4, -0.2) is 79.7 Å². The largest absolute Gasteiger partial charge is 0.462 e. The Bertz CT molecular complexity index is 728. The number of aliphatic hydroxyl groups excluding tert-OH is 3. The number of ketones is 2. The van der Waals surface area contributed by atoms with Crippen LogP contribution in [-0.2, 0) is 19.1 Å². The molecule has 4 atom stereocenters. The molecule has 248 valence electrons. The zero-order chi connectivity index (χ0) is 31.9. The lowest BCUT2D eigenvalue weighted by atomic mass is 9.70. The van der Waals surface area contributed by atoms with Gasteiger partial charge < -0.3 is 30.3 Å². The van der Waals surface area contributed by atoms with E-state index in [1.165, 1.54) is 0 Å². The van der Waals surface area contributed by atoms with Crippen molar-refractivity contribution in [2.24, 2.45) is 0 Å². The Morgan fingerprint density at radius 1 is 0.595 bits per heavy atom. The van der Waals surface area contributed by atoms with E-state index in [-0.39, 0.29) is 19.3 Å². The number of hydrogen-bond acceptors (Lipinski definition) is 9. The number of esters is 1. The SMILES string of the molecule is CCCCCCCCC(=O)OCC(O)(C(=O)CCCCCCCC)C(O)(C(=O)CCCCCCCC)C(O)C(O)CO. The molecular formula is C33H62O9. The fourth-order valence-electron chi connectivity index (χ4n) is 5.26. The van der Waals surface area contributed by atoms with Crippen molar-refractivity contribution in [2.75, 3.05) is 13.2 Å². The topological polar surface area (TPSA) is 162 Å². The van der Waals surface area contributed by atoms with Crippen LogP contribution in [0.5, 0.6) is 0 Å². The summed E-state index contributed by atoms with van der Waals surface area (Å²) in [4.78, 5) is 39.6. The zero-order valence-corrected chi connectivity index (χ0v) is 26.8. The molecule has 0 saturated heterocycles. The first-order valence-electron chi connectivity index (χ1n) is 16.7. The molecule has 42 heavy (non-hydrogen) atoms. The maximum atomic E-state index is 13.5. The summed E-state index contributed by atoms with van der Waals surface area (Å²) in [5, 5.41) is 54.2. The van der Waals surface area contributed by atoms with E-state index in [1.54, 1.807) is 0 Å². The third-order valence-electron chi connectivity index (χ3n) is 8.19. The van der Waals surface area contributed by atoms with E-state index in [0.29, 0.717) is 32.1 Å². The summed E-state index contributed by atoms with van der Waals surface area (Å²) < 4.78 is 5.27. The molecule has 0 fully saturated rings. The van der Waals surface area contributed by atoms with E-state index in [4.69, 9.17) is 4.74 Å². The molecule has 0 bridgehead atoms. The van der Waals surface area contributed by atoms with E-state index in [9.17, 15) is 39.9 Å². The first kappa shape index (κ1) is 40.6. The average molecular weight is 603 g/mol. The van der Waals surface area contributed by atoms with Crippen molar-refractivity contribution < 1.29 is 44.7 Å². The lowest BCUT2D eigenvalue weighted by molar-refractivity contribution is -0.230. The van der Waals surface area contributed by atoms with Gasteiger partial charge >= 0.3 is 5.97 Å². The van der Waals surface area contributed by atoms with Crippen LogP contribution in [0.15, 0.2) is 0 Å². The minimum absolute atomic E-state index is 0.0414. The number of rotatable bonds is 29. The Labute approximate surface area is 254 Å². The third-order valence-corrected chi connectivity index (χ3v) is 8.19. The maximum Gasteiger partial charge on any atom is 0.305 e. The lowest BCUT2D eigenvalue weighted by Crippen LogP contribution is -2.73. The molecule has 0 rings (SSSR count). The highest BCUT2D eigenvalue weighted by Crippen LogP contribution is 2.34. The number of ether oxygens (including phenoxy) is 1. The van der Waals surface area contributed by atoms with Gasteiger partial charge in [-0.3, -0.25) is 14.4 Å². The molecule has 0 aliphatic carbocycles. The number of hydrogen-bond donors (Lipinski definition) is 5. The van der Waals surface area contributed by atoms with Crippen molar-refractivity contribution in [3.05, 3.63) is 0 Å². The molecular weight excluding hydrogens is 540 g/mol. The molecule has 0 amide bonds. The highest BCUT2D eigenvalue weighted by molar-refractivity contribution is 6.00. The van der Waals surface area contributed by atoms with Gasteiger partial charge in [0, 0.05) is 19.3 Å². The minimum atomic E-state index is -3.18. The molecule has 0 heterocycles. The monoisotopic (exact) mass is 602 g/mol. The normalized spacial score (nSPS) is 15.9. The second-order valence-corrected chi connectivity index (χ2v) is 11.9. The van der Waals surface area contributed by atoms with E-state index in [1.807, 2.05) is 0 Å². The van der Waals surface area contributed by atoms with Crippen LogP contribution in [0.25, 0.3) is 0 Å². The van der Waals surface area contributed by atoms with E-state index in [2.05, 4.69) is 20.8 Å². The molecule has 0 spiro atoms. The van der Waals surface area contributed by atoms with Gasteiger partial charge in [-0.1, -0.05) is 117 Å². The number of unbranched alkanes of at least 4 members (excludes halogenated alkanes) is 15. The van der Waals surface area contributed by atoms with Crippen molar-refractivity contribution in [3.63, 3.8) is 0 Å². The van der Waals surface area contributed by atoms with Gasteiger partial charge in [0.15, 0.2) is 22.8 Å². The van der Waals surface area contributed by atoms with Gasteiger partial charge in [0.25, 0.3) is 0 Å². The lowest BCUT2D eigenvalue weighted by Gasteiger charge is -2.44. The van der Waals surface area contributed by atoms with E-state index >= 15 is 0 Å². The predicted molar refractivity (Wildman–Crippen MR) is 164 cm³/mol. The van der Waals surface area contributed by atoms with Crippen LogP contribution < -0.4 is 0 Å². The van der Waals surface area contributed by atoms with Crippen LogP contribution in [0.4, 0.5) is 0 Å². The molecule has 0 aromatic heterocycles. The van der Waals surface area contributed by atoms with Crippen molar-refractivity contribution >= 4 is 17.5 Å². The van der Waals surface area contributed by atoms with Crippen LogP contribution >= 0.6 is 0 Å². The Balaban J connectivity index is 5.86. The molecule has 0 aliphatic rings. The van der Waals surface area contributed by atoms with E-state index in [0.717, 1.165) is 83.5 Å². The first-order chi connectivity index (χ1) is 20.1. The van der Waals surface area contributed by atoms with Gasteiger partial charge in [0.1, 0.15) is 18.8 Å². The number of aliphatic hydroxyl groups is 5. The molecule has 5 N–H and O–H groups in total. The minimum Gasteiger partial charge on any atom is -0.462 e. The van der Waals surface area contributed by atoms with E-state index < -0.39 is 54.2 Å². The average Bonchev–Trinajstić information content (AvgIpc) is 2.99. The smallest absolute Gasteiger partial charge is 0.305 e. The fraction of sp³-hybridized carbons (Fsp3) is 0.909. The van der Waals surface area contributed by atoms with Crippen LogP contribution in [0.1, 0.15) is 156 Å². The van der Waals surface area contributed by atoms with Crippen LogP contribution in [0.2, 0.25) is 0 Å². The van der Waals surface area contributed by atoms with Gasteiger partial charge in [0.2, 0.25) is 0 Å². The second-order valence-electron chi connectivity index (χ2n) is 11.9. The molecule has 9 nitrogen and oxygen atoms in total. The molecule has 0 aliphatic heterocycles. The molecule has 0 saturated carbocycles. The summed E-state index contributed by atoms with van der Waals surface area (Å²) in [5.74, 6) is -2.68. The molecule has 0 aromatic rings. The fourth-order valence-corrected chi connectivity index (χ4v) is 5.26. The summed E-state index contributed by atoms with van der Waals surface area (Å²) in [6, 6.07) is 0. The summed E-state index contributed by atoms with van der Waals surface area (Å²) in [5.41, 5.74) is -6.18. The Hall–Kier alpha value is -1.39. The van der Waals surface area contributed by atoms with Gasteiger partial charge in [-0.05, 0) is 19.3 Å². The molecule has 9 heteroatoms. The van der Waals surface area contributed by atoms with Crippen molar-refractivity contribution in [2.45, 2.75) is 179 Å². The van der Waals surface area contributed by atoms with Gasteiger partial charge in [0.05, 0.1) is 6.61 Å². The quantitative estimate of drug-likeness (QED) is 0.0579. The zero-order valence-electron chi connectivity index (χ0n) is 26.8. The van der Waals surface area contributed by atoms with Gasteiger partial charge in [-0.2, -0.15) is 0 Å². The van der Waals surface area contributed by atoms with Crippen molar-refractivity contribution in [3.8, 4) is 0 Å². The van der Waals surface area contributed by atoms with Crippen molar-refractivity contribution in [1.82, 2.24) is 0 Å². The Morgan fingerprint density at radius 2 is 0.976 bits per heavy atom. The second kappa shape index (κ2) is 24.0. The standard InChI is InChI=1S/C33H62O9/c1-4-7-10-13-16-19-22-28(36)32(40,26-42-30(38)24-21-18-15-12-9-6-3)33(41,31(39)27(35)25-34)29(37)23-20-17-14-11-8-5-2/h27,31,34-35,39-41H,4-26H2,1-3H3. The van der Waals surface area contributed by atoms with Crippen LogP contribution in [0.3, 0.4) is 0 Å². The number of carbonyl (C=O) groups is 3. The summed E-state index contributed by atoms with van der Waals surface area (Å²) in [6.07, 6.45) is 10.8. The van der Waals surface area contributed by atoms with Gasteiger partial charge in [-0.25, -0.2) is 0 Å². The first-order valence-corrected chi connectivity index (χ1v) is 16.7. The van der Waals surface area contributed by atoms with Gasteiger partial charge in [-0.15, -0.1) is 0 Å². The Morgan fingerprint density at radius 3 is 1.40 bits per heavy atom. The number of carbonyl (C=O) groups excluding carboxylic acids is 3. The highest BCUT2D eigenvalue weighted by Gasteiger charge is 2.64. The summed E-state index contributed by atoms with van der Waals surface area (Å²) >= 11 is 0. The number of Topliss-reactive ketones (excluding diaryl/α,β-unsaturated/α-hetero) is 2. The predicted octanol–water partition coefficient (Wildman–Crippen LogP) is 5.10. The molecule has 4 unspecified atom stereocenters. The molecule has 0 radical (unpaired) electrons. The van der Waals surface area contributed by atoms with Crippen molar-refractivity contribution in [1.29, 1.82) is 0 Å². The molecule has 0 aromatic carbocycles. The Kier molecular flexibility index (Phi) is 23.2. The highest BCUT2D eigenvalue weighted by atomic mass is 16.5. The summed E-state index contributed by atoms with van der Waals surface area (Å²) in [6.45, 7) is 4.23. The third kappa shape index (κ3) is 14.4. The van der Waals surface area contributed by atoms with Crippen LogP contribution in [0, 0.1) is 0 Å². The maximum absolute atomic E-state index is 13.5. The summed E-state index contributed by atoms with van der Waals surface area (Å²) in [7, 11) is 0.